The van der Waals surface area contributed by atoms with Crippen molar-refractivity contribution >= 4 is 57.5 Å². The van der Waals surface area contributed by atoms with Gasteiger partial charge in [-0.05, 0) is 75.4 Å². The van der Waals surface area contributed by atoms with Crippen molar-refractivity contribution in [1.82, 2.24) is 0 Å². The molecule has 180 valence electrons. The normalized spacial score (nSPS) is 13.3. The molecule has 1 amide bonds. The number of carbonyl (C=O) groups excluding carboxylic acids is 2. The summed E-state index contributed by atoms with van der Waals surface area (Å²) in [5, 5.41) is 13.7. The van der Waals surface area contributed by atoms with Crippen molar-refractivity contribution in [2.24, 2.45) is 0 Å². The third-order valence-corrected chi connectivity index (χ3v) is 7.18. The highest BCUT2D eigenvalue weighted by Gasteiger charge is 2.28. The summed E-state index contributed by atoms with van der Waals surface area (Å²) >= 11 is 13.6. The van der Waals surface area contributed by atoms with Crippen LogP contribution in [0.1, 0.15) is 53.2 Å². The Morgan fingerprint density at radius 2 is 1.97 bits per heavy atom. The number of ether oxygens (including phenoxy) is 1. The molecule has 2 heterocycles. The molecule has 4 rings (SSSR count). The van der Waals surface area contributed by atoms with E-state index in [1.807, 2.05) is 6.07 Å². The summed E-state index contributed by atoms with van der Waals surface area (Å²) in [5.41, 5.74) is 1.79. The van der Waals surface area contributed by atoms with E-state index in [1.54, 1.807) is 44.2 Å². The number of furan rings is 1. The molecule has 1 aliphatic carbocycles. The van der Waals surface area contributed by atoms with Gasteiger partial charge in [-0.3, -0.25) is 4.79 Å². The van der Waals surface area contributed by atoms with Crippen LogP contribution < -0.4 is 5.32 Å². The first-order chi connectivity index (χ1) is 16.8. The van der Waals surface area contributed by atoms with Gasteiger partial charge in [0.1, 0.15) is 28.2 Å². The van der Waals surface area contributed by atoms with Gasteiger partial charge in [0.2, 0.25) is 0 Å². The molecule has 6 nitrogen and oxygen atoms in total. The maximum Gasteiger partial charge on any atom is 0.341 e. The van der Waals surface area contributed by atoms with E-state index in [9.17, 15) is 14.9 Å². The Labute approximate surface area is 217 Å². The van der Waals surface area contributed by atoms with Crippen molar-refractivity contribution in [2.45, 2.75) is 45.6 Å². The van der Waals surface area contributed by atoms with Gasteiger partial charge in [-0.2, -0.15) is 5.26 Å². The van der Waals surface area contributed by atoms with E-state index < -0.39 is 11.9 Å². The molecule has 2 aromatic heterocycles. The molecular formula is C26H22Cl2N2O4S. The first kappa shape index (κ1) is 25.1. The van der Waals surface area contributed by atoms with Gasteiger partial charge >= 0.3 is 5.97 Å². The quantitative estimate of drug-likeness (QED) is 0.205. The number of carbonyl (C=O) groups is 2. The summed E-state index contributed by atoms with van der Waals surface area (Å²) in [5.74, 6) is -0.317. The minimum atomic E-state index is -0.632. The van der Waals surface area contributed by atoms with Crippen molar-refractivity contribution in [3.63, 3.8) is 0 Å². The second-order valence-electron chi connectivity index (χ2n) is 8.32. The van der Waals surface area contributed by atoms with Crippen LogP contribution in [0.2, 0.25) is 10.0 Å². The van der Waals surface area contributed by atoms with Gasteiger partial charge in [0.05, 0.1) is 16.7 Å². The maximum atomic E-state index is 13.0. The number of amides is 1. The molecule has 0 aliphatic heterocycles. The number of rotatable bonds is 6. The summed E-state index contributed by atoms with van der Waals surface area (Å²) in [6.45, 7) is 3.56. The van der Waals surface area contributed by atoms with Crippen LogP contribution in [-0.4, -0.2) is 18.0 Å². The van der Waals surface area contributed by atoms with Crippen molar-refractivity contribution < 1.29 is 18.7 Å². The van der Waals surface area contributed by atoms with Gasteiger partial charge in [0.15, 0.2) is 0 Å². The minimum absolute atomic E-state index is 0.164. The predicted octanol–water partition coefficient (Wildman–Crippen LogP) is 7.30. The molecule has 3 aromatic rings. The number of fused-ring (bicyclic) bond motifs is 1. The lowest BCUT2D eigenvalue weighted by atomic mass is 9.95. The van der Waals surface area contributed by atoms with Crippen LogP contribution in [0.25, 0.3) is 17.4 Å². The topological polar surface area (TPSA) is 92.3 Å². The molecule has 1 aliphatic rings. The molecule has 0 saturated heterocycles. The molecule has 0 radical (unpaired) electrons. The zero-order valence-electron chi connectivity index (χ0n) is 19.1. The predicted molar refractivity (Wildman–Crippen MR) is 138 cm³/mol. The fourth-order valence-corrected chi connectivity index (χ4v) is 5.64. The van der Waals surface area contributed by atoms with Crippen molar-refractivity contribution in [2.75, 3.05) is 5.32 Å². The lowest BCUT2D eigenvalue weighted by Crippen LogP contribution is -2.18. The molecule has 0 saturated carbocycles. The smallest absolute Gasteiger partial charge is 0.341 e. The van der Waals surface area contributed by atoms with Gasteiger partial charge in [0.25, 0.3) is 5.91 Å². The van der Waals surface area contributed by atoms with Crippen molar-refractivity contribution in [3.8, 4) is 17.4 Å². The summed E-state index contributed by atoms with van der Waals surface area (Å²) < 4.78 is 11.2. The Balaban J connectivity index is 1.60. The summed E-state index contributed by atoms with van der Waals surface area (Å²) in [7, 11) is 0. The number of nitrogens with zero attached hydrogens (tertiary/aromatic N) is 1. The van der Waals surface area contributed by atoms with Crippen LogP contribution in [0.15, 0.2) is 40.3 Å². The first-order valence-corrected chi connectivity index (χ1v) is 12.7. The number of halogens is 2. The third kappa shape index (κ3) is 5.62. The SMILES string of the molecule is CC(C)OC(=O)c1c(NC(=O)C(C#N)=Cc2ccc(-c3ccc(Cl)cc3Cl)o2)sc2c1CCCC2. The van der Waals surface area contributed by atoms with Crippen LogP contribution in [0.3, 0.4) is 0 Å². The van der Waals surface area contributed by atoms with Gasteiger partial charge < -0.3 is 14.5 Å². The Morgan fingerprint density at radius 1 is 1.20 bits per heavy atom. The molecule has 9 heteroatoms. The molecule has 1 N–H and O–H groups in total. The number of aryl methyl sites for hydroxylation is 1. The fraction of sp³-hybridized carbons (Fsp3) is 0.269. The summed E-state index contributed by atoms with van der Waals surface area (Å²) in [4.78, 5) is 26.9. The number of hydrogen-bond donors (Lipinski definition) is 1. The Bertz CT molecular complexity index is 1360. The second kappa shape index (κ2) is 10.7. The zero-order valence-corrected chi connectivity index (χ0v) is 21.4. The molecular weight excluding hydrogens is 507 g/mol. The van der Waals surface area contributed by atoms with Crippen LogP contribution in [0.4, 0.5) is 5.00 Å². The highest BCUT2D eigenvalue weighted by Crippen LogP contribution is 2.39. The van der Waals surface area contributed by atoms with Crippen molar-refractivity contribution in [1.29, 1.82) is 5.26 Å². The zero-order chi connectivity index (χ0) is 25.1. The molecule has 1 aromatic carbocycles. The van der Waals surface area contributed by atoms with E-state index in [1.165, 1.54) is 17.4 Å². The van der Waals surface area contributed by atoms with E-state index >= 15 is 0 Å². The monoisotopic (exact) mass is 528 g/mol. The van der Waals surface area contributed by atoms with Crippen LogP contribution in [0.5, 0.6) is 0 Å². The third-order valence-electron chi connectivity index (χ3n) is 5.42. The number of nitrogens with one attached hydrogen (secondary N) is 1. The molecule has 0 bridgehead atoms. The van der Waals surface area contributed by atoms with Crippen molar-refractivity contribution in [3.05, 3.63) is 67.7 Å². The summed E-state index contributed by atoms with van der Waals surface area (Å²) in [6, 6.07) is 10.3. The molecule has 0 spiro atoms. The van der Waals surface area contributed by atoms with Gasteiger partial charge in [-0.25, -0.2) is 4.79 Å². The lowest BCUT2D eigenvalue weighted by Gasteiger charge is -2.14. The largest absolute Gasteiger partial charge is 0.459 e. The van der Waals surface area contributed by atoms with Crippen LogP contribution >= 0.6 is 34.5 Å². The van der Waals surface area contributed by atoms with E-state index in [0.29, 0.717) is 37.7 Å². The molecule has 0 atom stereocenters. The van der Waals surface area contributed by atoms with Gasteiger partial charge in [0, 0.05) is 21.5 Å². The lowest BCUT2D eigenvalue weighted by molar-refractivity contribution is -0.112. The molecule has 0 unspecified atom stereocenters. The van der Waals surface area contributed by atoms with Crippen LogP contribution in [-0.2, 0) is 22.4 Å². The highest BCUT2D eigenvalue weighted by molar-refractivity contribution is 7.17. The number of benzene rings is 1. The number of anilines is 1. The number of nitriles is 1. The van der Waals surface area contributed by atoms with Crippen LogP contribution in [0, 0.1) is 11.3 Å². The van der Waals surface area contributed by atoms with E-state index in [2.05, 4.69) is 5.32 Å². The van der Waals surface area contributed by atoms with Gasteiger partial charge in [-0.1, -0.05) is 23.2 Å². The second-order valence-corrected chi connectivity index (χ2v) is 10.3. The number of thiophene rings is 1. The highest BCUT2D eigenvalue weighted by atomic mass is 35.5. The summed E-state index contributed by atoms with van der Waals surface area (Å²) in [6.07, 6.45) is 4.67. The standard InChI is InChI=1S/C26H22Cl2N2O4S/c1-14(2)33-26(32)23-19-5-3-4-6-22(19)35-25(23)30-24(31)15(13-29)11-17-8-10-21(34-17)18-9-7-16(27)12-20(18)28/h7-12,14H,3-6H2,1-2H3,(H,30,31). The minimum Gasteiger partial charge on any atom is -0.459 e. The van der Waals surface area contributed by atoms with Gasteiger partial charge in [-0.15, -0.1) is 11.3 Å². The van der Waals surface area contributed by atoms with E-state index in [0.717, 1.165) is 36.1 Å². The molecule has 0 fully saturated rings. The average molecular weight is 529 g/mol. The Kier molecular flexibility index (Phi) is 7.66. The number of hydrogen-bond acceptors (Lipinski definition) is 6. The fourth-order valence-electron chi connectivity index (χ4n) is 3.87. The van der Waals surface area contributed by atoms with E-state index in [-0.39, 0.29) is 11.7 Å². The van der Waals surface area contributed by atoms with E-state index in [4.69, 9.17) is 32.4 Å². The maximum absolute atomic E-state index is 13.0. The first-order valence-electron chi connectivity index (χ1n) is 11.1. The average Bonchev–Trinajstić information content (AvgIpc) is 3.41. The Hall–Kier alpha value is -3.05. The number of esters is 1. The Morgan fingerprint density at radius 3 is 2.69 bits per heavy atom. The molecule has 35 heavy (non-hydrogen) atoms.